The van der Waals surface area contributed by atoms with Gasteiger partial charge in [0.1, 0.15) is 11.6 Å². The van der Waals surface area contributed by atoms with E-state index in [9.17, 15) is 9.59 Å². The first-order valence-corrected chi connectivity index (χ1v) is 6.54. The molecule has 0 saturated carbocycles. The second-order valence-electron chi connectivity index (χ2n) is 3.59. The number of anilines is 1. The van der Waals surface area contributed by atoms with Gasteiger partial charge in [-0.2, -0.15) is 5.26 Å². The largest absolute Gasteiger partial charge is 0.450 e. The molecule has 0 bridgehead atoms. The Balaban J connectivity index is 2.83. The third kappa shape index (κ3) is 4.99. The first-order valence-electron chi connectivity index (χ1n) is 5.78. The van der Waals surface area contributed by atoms with E-state index in [1.807, 2.05) is 5.32 Å². The highest BCUT2D eigenvalue weighted by Gasteiger charge is 2.14. The number of rotatable bonds is 4. The fourth-order valence-corrected chi connectivity index (χ4v) is 1.76. The Morgan fingerprint density at radius 2 is 2.00 bits per heavy atom. The molecule has 0 unspecified atom stereocenters. The van der Waals surface area contributed by atoms with Crippen LogP contribution in [0, 0.1) is 11.3 Å². The minimum atomic E-state index is -0.931. The number of nitrogens with one attached hydrogen (secondary N) is 2. The number of imide groups is 1. The maximum atomic E-state index is 11.6. The molecule has 6 nitrogen and oxygen atoms in total. The van der Waals surface area contributed by atoms with E-state index < -0.39 is 12.0 Å². The minimum absolute atomic E-state index is 0.109. The van der Waals surface area contributed by atoms with Gasteiger partial charge in [0.15, 0.2) is 0 Å². The molecule has 1 aromatic rings. The van der Waals surface area contributed by atoms with Crippen LogP contribution in [0.3, 0.4) is 0 Å². The van der Waals surface area contributed by atoms with Gasteiger partial charge in [0, 0.05) is 6.20 Å². The van der Waals surface area contributed by atoms with E-state index in [2.05, 4.69) is 10.1 Å². The molecule has 0 aliphatic heterocycles. The Morgan fingerprint density at radius 1 is 1.38 bits per heavy atom. The van der Waals surface area contributed by atoms with E-state index >= 15 is 0 Å². The predicted molar refractivity (Wildman–Crippen MR) is 78.9 cm³/mol. The Kier molecular flexibility index (Phi) is 6.53. The number of nitriles is 1. The van der Waals surface area contributed by atoms with Gasteiger partial charge in [0.05, 0.1) is 22.3 Å². The van der Waals surface area contributed by atoms with Crippen LogP contribution in [0.15, 0.2) is 30.0 Å². The number of para-hydroxylation sites is 1. The molecule has 1 aromatic carbocycles. The van der Waals surface area contributed by atoms with Gasteiger partial charge in [0.2, 0.25) is 0 Å². The van der Waals surface area contributed by atoms with E-state index in [0.717, 1.165) is 6.20 Å². The maximum absolute atomic E-state index is 11.6. The number of alkyl carbamates (subject to hydrolysis) is 1. The summed E-state index contributed by atoms with van der Waals surface area (Å²) >= 11 is 11.9. The summed E-state index contributed by atoms with van der Waals surface area (Å²) in [6.45, 7) is 1.70. The second kappa shape index (κ2) is 8.15. The third-order valence-corrected chi connectivity index (χ3v) is 2.81. The van der Waals surface area contributed by atoms with Crippen LogP contribution >= 0.6 is 23.2 Å². The number of benzene rings is 1. The fourth-order valence-electron chi connectivity index (χ4n) is 1.26. The van der Waals surface area contributed by atoms with Crippen molar-refractivity contribution in [1.29, 1.82) is 5.26 Å². The van der Waals surface area contributed by atoms with Gasteiger partial charge in [-0.3, -0.25) is 10.1 Å². The second-order valence-corrected chi connectivity index (χ2v) is 4.40. The fraction of sp³-hybridized carbons (Fsp3) is 0.154. The minimum Gasteiger partial charge on any atom is -0.450 e. The Bertz CT molecular complexity index is 603. The summed E-state index contributed by atoms with van der Waals surface area (Å²) in [5.74, 6) is -0.897. The quantitative estimate of drug-likeness (QED) is 0.655. The van der Waals surface area contributed by atoms with E-state index in [1.165, 1.54) is 0 Å². The van der Waals surface area contributed by atoms with Crippen molar-refractivity contribution >= 4 is 40.9 Å². The highest BCUT2D eigenvalue weighted by Crippen LogP contribution is 2.29. The van der Waals surface area contributed by atoms with Gasteiger partial charge in [0.25, 0.3) is 5.91 Å². The highest BCUT2D eigenvalue weighted by atomic mass is 35.5. The summed E-state index contributed by atoms with van der Waals surface area (Å²) < 4.78 is 4.54. The molecule has 0 aliphatic rings. The van der Waals surface area contributed by atoms with Crippen LogP contribution in [0.4, 0.5) is 10.5 Å². The molecule has 0 fully saturated rings. The maximum Gasteiger partial charge on any atom is 0.414 e. The van der Waals surface area contributed by atoms with Crippen molar-refractivity contribution in [3.8, 4) is 6.07 Å². The monoisotopic (exact) mass is 327 g/mol. The van der Waals surface area contributed by atoms with Gasteiger partial charge < -0.3 is 10.1 Å². The van der Waals surface area contributed by atoms with Crippen LogP contribution in [0.25, 0.3) is 0 Å². The van der Waals surface area contributed by atoms with Crippen LogP contribution in [0.2, 0.25) is 10.0 Å². The van der Waals surface area contributed by atoms with Gasteiger partial charge in [-0.1, -0.05) is 29.3 Å². The third-order valence-electron chi connectivity index (χ3n) is 2.18. The number of carbonyl (C=O) groups excluding carboxylic acids is 2. The van der Waals surface area contributed by atoms with E-state index in [-0.39, 0.29) is 12.2 Å². The lowest BCUT2D eigenvalue weighted by molar-refractivity contribution is -0.116. The van der Waals surface area contributed by atoms with E-state index in [4.69, 9.17) is 28.5 Å². The molecule has 0 atom stereocenters. The van der Waals surface area contributed by atoms with E-state index in [0.29, 0.717) is 15.7 Å². The zero-order valence-electron chi connectivity index (χ0n) is 10.9. The number of hydrogen-bond acceptors (Lipinski definition) is 5. The molecule has 1 rings (SSSR count). The van der Waals surface area contributed by atoms with Crippen molar-refractivity contribution < 1.29 is 14.3 Å². The van der Waals surface area contributed by atoms with Gasteiger partial charge in [-0.25, -0.2) is 4.79 Å². The lowest BCUT2D eigenvalue weighted by Gasteiger charge is -2.07. The molecule has 0 spiro atoms. The molecule has 8 heteroatoms. The van der Waals surface area contributed by atoms with Gasteiger partial charge >= 0.3 is 6.09 Å². The lowest BCUT2D eigenvalue weighted by Crippen LogP contribution is -2.32. The Hall–Kier alpha value is -2.23. The molecule has 2 amide bonds. The zero-order valence-corrected chi connectivity index (χ0v) is 12.5. The number of nitrogens with zero attached hydrogens (tertiary/aromatic N) is 1. The van der Waals surface area contributed by atoms with Crippen molar-refractivity contribution in [2.75, 3.05) is 11.9 Å². The highest BCUT2D eigenvalue weighted by molar-refractivity contribution is 6.39. The molecule has 0 heterocycles. The molecule has 0 radical (unpaired) electrons. The summed E-state index contributed by atoms with van der Waals surface area (Å²) in [4.78, 5) is 22.7. The molecule has 110 valence electrons. The average Bonchev–Trinajstić information content (AvgIpc) is 2.42. The Labute approximate surface area is 131 Å². The van der Waals surface area contributed by atoms with Crippen molar-refractivity contribution in [2.45, 2.75) is 6.92 Å². The number of carbonyl (C=O) groups is 2. The number of hydrogen-bond donors (Lipinski definition) is 2. The number of ether oxygens (including phenoxy) is 1. The summed E-state index contributed by atoms with van der Waals surface area (Å²) in [5, 5.41) is 14.1. The van der Waals surface area contributed by atoms with Gasteiger partial charge in [-0.05, 0) is 19.1 Å². The molecule has 0 saturated heterocycles. The number of amides is 2. The first kappa shape index (κ1) is 16.8. The van der Waals surface area contributed by atoms with Crippen LogP contribution in [-0.4, -0.2) is 18.6 Å². The SMILES string of the molecule is CCOC(=O)NC(=O)/C(C#N)=C\Nc1c(Cl)cccc1Cl. The molecule has 0 aromatic heterocycles. The predicted octanol–water partition coefficient (Wildman–Crippen LogP) is 3.09. The summed E-state index contributed by atoms with van der Waals surface area (Å²) in [6, 6.07) is 6.49. The van der Waals surface area contributed by atoms with Crippen LogP contribution in [0.1, 0.15) is 6.92 Å². The Morgan fingerprint density at radius 3 is 2.52 bits per heavy atom. The van der Waals surface area contributed by atoms with Crippen molar-refractivity contribution in [3.63, 3.8) is 0 Å². The van der Waals surface area contributed by atoms with Crippen LogP contribution in [-0.2, 0) is 9.53 Å². The number of halogens is 2. The molecular weight excluding hydrogens is 317 g/mol. The zero-order chi connectivity index (χ0) is 15.8. The van der Waals surface area contributed by atoms with Crippen molar-refractivity contribution in [3.05, 3.63) is 40.0 Å². The molecule has 21 heavy (non-hydrogen) atoms. The van der Waals surface area contributed by atoms with Crippen LogP contribution < -0.4 is 10.6 Å². The average molecular weight is 328 g/mol. The van der Waals surface area contributed by atoms with Crippen LogP contribution in [0.5, 0.6) is 0 Å². The lowest BCUT2D eigenvalue weighted by atomic mass is 10.3. The summed E-state index contributed by atoms with van der Waals surface area (Å²) in [5.41, 5.74) is 0.0107. The summed E-state index contributed by atoms with van der Waals surface area (Å²) in [6.07, 6.45) is 0.168. The van der Waals surface area contributed by atoms with Crippen molar-refractivity contribution in [1.82, 2.24) is 5.32 Å². The first-order chi connectivity index (χ1) is 9.99. The smallest absolute Gasteiger partial charge is 0.414 e. The van der Waals surface area contributed by atoms with Crippen molar-refractivity contribution in [2.24, 2.45) is 0 Å². The summed E-state index contributed by atoms with van der Waals surface area (Å²) in [7, 11) is 0. The van der Waals surface area contributed by atoms with E-state index in [1.54, 1.807) is 31.2 Å². The molecule has 2 N–H and O–H groups in total. The standard InChI is InChI=1S/C13H11Cl2N3O3/c1-2-21-13(20)18-12(19)8(6-16)7-17-11-9(14)4-3-5-10(11)15/h3-5,7,17H,2H2,1H3,(H,18,19,20)/b8-7-. The van der Waals surface area contributed by atoms with Gasteiger partial charge in [-0.15, -0.1) is 0 Å². The molecular formula is C13H11Cl2N3O3. The normalized spacial score (nSPS) is 10.5. The molecule has 0 aliphatic carbocycles. The topological polar surface area (TPSA) is 91.2 Å².